The van der Waals surface area contributed by atoms with Crippen LogP contribution in [0.25, 0.3) is 22.0 Å². The van der Waals surface area contributed by atoms with Crippen LogP contribution in [-0.4, -0.2) is 23.2 Å². The van der Waals surface area contributed by atoms with Crippen molar-refractivity contribution in [2.45, 2.75) is 0 Å². The lowest BCUT2D eigenvalue weighted by Crippen LogP contribution is -1.99. The van der Waals surface area contributed by atoms with Crippen molar-refractivity contribution in [2.24, 2.45) is 0 Å². The van der Waals surface area contributed by atoms with E-state index in [0.717, 1.165) is 12.1 Å². The minimum atomic E-state index is -1.14. The summed E-state index contributed by atoms with van der Waals surface area (Å²) in [6.45, 7) is 0. The van der Waals surface area contributed by atoms with Crippen molar-refractivity contribution >= 4 is 16.7 Å². The number of methoxy groups -OCH3 is 1. The molecular weight excluding hydrogens is 304 g/mol. The number of hydrogen-bond donors (Lipinski definition) is 1. The van der Waals surface area contributed by atoms with E-state index in [9.17, 15) is 13.6 Å². The molecule has 1 heterocycles. The predicted octanol–water partition coefficient (Wildman–Crippen LogP) is 3.89. The third kappa shape index (κ3) is 2.48. The number of pyridine rings is 1. The maximum absolute atomic E-state index is 14.1. The molecule has 1 N–H and O–H groups in total. The number of rotatable bonds is 3. The summed E-state index contributed by atoms with van der Waals surface area (Å²) < 4.78 is 33.3. The van der Waals surface area contributed by atoms with Gasteiger partial charge in [0.15, 0.2) is 0 Å². The molecule has 3 aromatic rings. The minimum Gasteiger partial charge on any atom is -0.494 e. The number of halogens is 2. The third-order valence-electron chi connectivity index (χ3n) is 3.52. The van der Waals surface area contributed by atoms with E-state index in [1.54, 1.807) is 0 Å². The summed E-state index contributed by atoms with van der Waals surface area (Å²) in [5, 5.41) is 9.96. The monoisotopic (exact) mass is 315 g/mol. The Morgan fingerprint density at radius 2 is 1.83 bits per heavy atom. The lowest BCUT2D eigenvalue weighted by atomic mass is 10.0. The van der Waals surface area contributed by atoms with Gasteiger partial charge in [-0.1, -0.05) is 6.07 Å². The number of ether oxygens (including phenoxy) is 1. The summed E-state index contributed by atoms with van der Waals surface area (Å²) in [6.07, 6.45) is 1.35. The van der Waals surface area contributed by atoms with Gasteiger partial charge in [-0.3, -0.25) is 4.98 Å². The van der Waals surface area contributed by atoms with Gasteiger partial charge in [-0.15, -0.1) is 0 Å². The van der Waals surface area contributed by atoms with Gasteiger partial charge in [-0.05, 0) is 30.3 Å². The highest BCUT2D eigenvalue weighted by Gasteiger charge is 2.18. The number of aromatic carboxylic acids is 1. The van der Waals surface area contributed by atoms with Gasteiger partial charge in [-0.25, -0.2) is 13.6 Å². The molecule has 1 aromatic heterocycles. The second-order valence-electron chi connectivity index (χ2n) is 4.84. The Labute approximate surface area is 130 Å². The van der Waals surface area contributed by atoms with Crippen LogP contribution in [0, 0.1) is 11.6 Å². The molecule has 0 bridgehead atoms. The van der Waals surface area contributed by atoms with Crippen LogP contribution in [0.2, 0.25) is 0 Å². The van der Waals surface area contributed by atoms with E-state index >= 15 is 0 Å². The highest BCUT2D eigenvalue weighted by atomic mass is 19.1. The van der Waals surface area contributed by atoms with Crippen molar-refractivity contribution in [3.63, 3.8) is 0 Å². The molecule has 0 amide bonds. The van der Waals surface area contributed by atoms with E-state index in [1.165, 1.54) is 37.6 Å². The molecule has 0 unspecified atom stereocenters. The van der Waals surface area contributed by atoms with E-state index < -0.39 is 17.6 Å². The zero-order valence-electron chi connectivity index (χ0n) is 12.0. The van der Waals surface area contributed by atoms with Gasteiger partial charge in [-0.2, -0.15) is 0 Å². The van der Waals surface area contributed by atoms with Crippen LogP contribution < -0.4 is 4.74 Å². The molecule has 23 heavy (non-hydrogen) atoms. The first-order valence-electron chi connectivity index (χ1n) is 6.67. The van der Waals surface area contributed by atoms with Crippen LogP contribution in [0.4, 0.5) is 8.78 Å². The Morgan fingerprint density at radius 1 is 1.13 bits per heavy atom. The van der Waals surface area contributed by atoms with Crippen LogP contribution in [0.5, 0.6) is 5.75 Å². The number of benzene rings is 2. The number of aromatic nitrogens is 1. The molecule has 6 heteroatoms. The number of hydrogen-bond acceptors (Lipinski definition) is 3. The number of fused-ring (bicyclic) bond motifs is 1. The maximum Gasteiger partial charge on any atom is 0.335 e. The molecular formula is C17H11F2NO3. The summed E-state index contributed by atoms with van der Waals surface area (Å²) in [4.78, 5) is 15.3. The standard InChI is InChI=1S/C17H11F2NO3/c1-23-14-8-20-16(15-12(18)3-2-4-13(15)19)11-7-9(17(21)22)5-6-10(11)14/h2-8H,1H3,(H,21,22). The number of carbonyl (C=O) groups is 1. The Kier molecular flexibility index (Phi) is 3.65. The third-order valence-corrected chi connectivity index (χ3v) is 3.52. The molecule has 0 saturated heterocycles. The normalized spacial score (nSPS) is 10.7. The van der Waals surface area contributed by atoms with E-state index in [0.29, 0.717) is 16.5 Å². The topological polar surface area (TPSA) is 59.4 Å². The van der Waals surface area contributed by atoms with Crippen molar-refractivity contribution in [1.82, 2.24) is 4.98 Å². The van der Waals surface area contributed by atoms with Gasteiger partial charge in [0, 0.05) is 10.8 Å². The molecule has 0 saturated carbocycles. The number of nitrogens with zero attached hydrogens (tertiary/aromatic N) is 1. The van der Waals surface area contributed by atoms with Crippen molar-refractivity contribution in [3.05, 3.63) is 59.8 Å². The van der Waals surface area contributed by atoms with Crippen molar-refractivity contribution in [1.29, 1.82) is 0 Å². The van der Waals surface area contributed by atoms with Gasteiger partial charge < -0.3 is 9.84 Å². The first-order valence-corrected chi connectivity index (χ1v) is 6.67. The highest BCUT2D eigenvalue weighted by molar-refractivity contribution is 6.02. The molecule has 0 fully saturated rings. The summed E-state index contributed by atoms with van der Waals surface area (Å²) in [5.41, 5.74) is -0.284. The second kappa shape index (κ2) is 5.64. The second-order valence-corrected chi connectivity index (χ2v) is 4.84. The van der Waals surface area contributed by atoms with Crippen LogP contribution in [0.1, 0.15) is 10.4 Å². The summed E-state index contributed by atoms with van der Waals surface area (Å²) in [6, 6.07) is 7.75. The molecule has 0 radical (unpaired) electrons. The number of carboxylic acids is 1. The minimum absolute atomic E-state index is 0.00875. The Hall–Kier alpha value is -3.02. The molecule has 4 nitrogen and oxygen atoms in total. The molecule has 0 aliphatic rings. The lowest BCUT2D eigenvalue weighted by Gasteiger charge is -2.11. The van der Waals surface area contributed by atoms with Gasteiger partial charge in [0.25, 0.3) is 0 Å². The predicted molar refractivity (Wildman–Crippen MR) is 80.6 cm³/mol. The SMILES string of the molecule is COc1cnc(-c2c(F)cccc2F)c2cc(C(=O)O)ccc12. The zero-order valence-corrected chi connectivity index (χ0v) is 12.0. The van der Waals surface area contributed by atoms with Crippen molar-refractivity contribution in [3.8, 4) is 17.0 Å². The quantitative estimate of drug-likeness (QED) is 0.796. The van der Waals surface area contributed by atoms with E-state index in [4.69, 9.17) is 9.84 Å². The molecule has 0 aliphatic heterocycles. The molecule has 3 rings (SSSR count). The molecule has 0 atom stereocenters. The smallest absolute Gasteiger partial charge is 0.335 e. The van der Waals surface area contributed by atoms with Crippen molar-refractivity contribution < 1.29 is 23.4 Å². The van der Waals surface area contributed by atoms with Crippen LogP contribution >= 0.6 is 0 Å². The van der Waals surface area contributed by atoms with Crippen LogP contribution in [0.3, 0.4) is 0 Å². The van der Waals surface area contributed by atoms with Crippen molar-refractivity contribution in [2.75, 3.05) is 7.11 Å². The van der Waals surface area contributed by atoms with Gasteiger partial charge >= 0.3 is 5.97 Å². The van der Waals surface area contributed by atoms with Gasteiger partial charge in [0.1, 0.15) is 17.4 Å². The van der Waals surface area contributed by atoms with Gasteiger partial charge in [0.05, 0.1) is 30.1 Å². The Bertz CT molecular complexity index is 905. The first-order chi connectivity index (χ1) is 11.0. The first kappa shape index (κ1) is 14.9. The highest BCUT2D eigenvalue weighted by Crippen LogP contribution is 2.35. The Balaban J connectivity index is 2.41. The maximum atomic E-state index is 14.1. The molecule has 0 spiro atoms. The Morgan fingerprint density at radius 3 is 2.43 bits per heavy atom. The largest absolute Gasteiger partial charge is 0.494 e. The van der Waals surface area contributed by atoms with E-state index in [2.05, 4.69) is 4.98 Å². The summed E-state index contributed by atoms with van der Waals surface area (Å²) >= 11 is 0. The fraction of sp³-hybridized carbons (Fsp3) is 0.0588. The van der Waals surface area contributed by atoms with Gasteiger partial charge in [0.2, 0.25) is 0 Å². The number of carboxylic acid groups (broad SMARTS) is 1. The zero-order chi connectivity index (χ0) is 16.6. The molecule has 0 aliphatic carbocycles. The summed E-state index contributed by atoms with van der Waals surface area (Å²) in [7, 11) is 1.44. The molecule has 116 valence electrons. The summed E-state index contributed by atoms with van der Waals surface area (Å²) in [5.74, 6) is -2.30. The van der Waals surface area contributed by atoms with Crippen LogP contribution in [-0.2, 0) is 0 Å². The van der Waals surface area contributed by atoms with Crippen LogP contribution in [0.15, 0.2) is 42.6 Å². The fourth-order valence-corrected chi connectivity index (χ4v) is 2.44. The van der Waals surface area contributed by atoms with E-state index in [-0.39, 0.29) is 16.8 Å². The average Bonchev–Trinajstić information content (AvgIpc) is 2.54. The van der Waals surface area contributed by atoms with E-state index in [1.807, 2.05) is 0 Å². The average molecular weight is 315 g/mol. The molecule has 2 aromatic carbocycles. The fourth-order valence-electron chi connectivity index (χ4n) is 2.44. The lowest BCUT2D eigenvalue weighted by molar-refractivity contribution is 0.0697.